The normalized spacial score (nSPS) is 16.4. The summed E-state index contributed by atoms with van der Waals surface area (Å²) in [6.45, 7) is 2.97. The third-order valence-electron chi connectivity index (χ3n) is 3.42. The van der Waals surface area contributed by atoms with Crippen LogP contribution in [0.2, 0.25) is 0 Å². The zero-order valence-corrected chi connectivity index (χ0v) is 10.1. The SMILES string of the molecule is O=C(O)c1cccc2oc(CN3CCCC3)cc12. The van der Waals surface area contributed by atoms with Crippen LogP contribution in [0.15, 0.2) is 28.7 Å². The van der Waals surface area contributed by atoms with Crippen molar-refractivity contribution < 1.29 is 14.3 Å². The summed E-state index contributed by atoms with van der Waals surface area (Å²) in [5, 5.41) is 9.82. The first-order chi connectivity index (χ1) is 8.74. The molecule has 4 nitrogen and oxygen atoms in total. The number of nitrogens with zero attached hydrogens (tertiary/aromatic N) is 1. The molecule has 0 radical (unpaired) electrons. The number of aromatic carboxylic acids is 1. The molecule has 0 saturated carbocycles. The Labute approximate surface area is 105 Å². The fraction of sp³-hybridized carbons (Fsp3) is 0.357. The van der Waals surface area contributed by atoms with Gasteiger partial charge in [-0.2, -0.15) is 0 Å². The minimum Gasteiger partial charge on any atom is -0.478 e. The van der Waals surface area contributed by atoms with Crippen molar-refractivity contribution in [2.45, 2.75) is 19.4 Å². The van der Waals surface area contributed by atoms with Gasteiger partial charge < -0.3 is 9.52 Å². The topological polar surface area (TPSA) is 53.7 Å². The Kier molecular flexibility index (Phi) is 2.80. The molecule has 1 aliphatic rings. The van der Waals surface area contributed by atoms with E-state index in [9.17, 15) is 4.79 Å². The van der Waals surface area contributed by atoms with Crippen molar-refractivity contribution in [3.63, 3.8) is 0 Å². The Balaban J connectivity index is 1.94. The van der Waals surface area contributed by atoms with Crippen molar-refractivity contribution >= 4 is 16.9 Å². The summed E-state index contributed by atoms with van der Waals surface area (Å²) in [6.07, 6.45) is 2.47. The van der Waals surface area contributed by atoms with Gasteiger partial charge in [0.1, 0.15) is 11.3 Å². The molecule has 94 valence electrons. The molecule has 2 heterocycles. The average Bonchev–Trinajstić information content (AvgIpc) is 2.96. The van der Waals surface area contributed by atoms with E-state index in [1.165, 1.54) is 12.8 Å². The van der Waals surface area contributed by atoms with Gasteiger partial charge in [0.25, 0.3) is 0 Å². The van der Waals surface area contributed by atoms with E-state index in [1.807, 2.05) is 12.1 Å². The zero-order valence-electron chi connectivity index (χ0n) is 10.1. The van der Waals surface area contributed by atoms with Crippen LogP contribution in [0.5, 0.6) is 0 Å². The van der Waals surface area contributed by atoms with Crippen molar-refractivity contribution in [2.24, 2.45) is 0 Å². The van der Waals surface area contributed by atoms with E-state index in [0.29, 0.717) is 16.5 Å². The molecule has 3 rings (SSSR count). The predicted octanol–water partition coefficient (Wildman–Crippen LogP) is 2.73. The lowest BCUT2D eigenvalue weighted by Crippen LogP contribution is -2.17. The number of carboxylic acid groups (broad SMARTS) is 1. The molecule has 1 aromatic carbocycles. The highest BCUT2D eigenvalue weighted by molar-refractivity contribution is 6.02. The molecule has 0 bridgehead atoms. The van der Waals surface area contributed by atoms with Crippen LogP contribution in [0.25, 0.3) is 11.0 Å². The fourth-order valence-corrected chi connectivity index (χ4v) is 2.54. The van der Waals surface area contributed by atoms with Crippen LogP contribution in [-0.2, 0) is 6.54 Å². The standard InChI is InChI=1S/C14H15NO3/c16-14(17)11-4-3-5-13-12(11)8-10(18-13)9-15-6-1-2-7-15/h3-5,8H,1-2,6-7,9H2,(H,16,17). The number of fused-ring (bicyclic) bond motifs is 1. The molecule has 1 N–H and O–H groups in total. The molecular weight excluding hydrogens is 230 g/mol. The molecule has 0 atom stereocenters. The summed E-state index contributed by atoms with van der Waals surface area (Å²) in [4.78, 5) is 13.4. The van der Waals surface area contributed by atoms with Gasteiger partial charge in [0.15, 0.2) is 0 Å². The van der Waals surface area contributed by atoms with Gasteiger partial charge >= 0.3 is 5.97 Å². The van der Waals surface area contributed by atoms with E-state index in [4.69, 9.17) is 9.52 Å². The minimum atomic E-state index is -0.908. The number of furan rings is 1. The molecule has 1 fully saturated rings. The Hall–Kier alpha value is -1.81. The molecule has 18 heavy (non-hydrogen) atoms. The summed E-state index contributed by atoms with van der Waals surface area (Å²) in [6, 6.07) is 7.00. The summed E-state index contributed by atoms with van der Waals surface area (Å²) >= 11 is 0. The van der Waals surface area contributed by atoms with Crippen LogP contribution in [0.4, 0.5) is 0 Å². The Bertz CT molecular complexity index is 582. The number of hydrogen-bond acceptors (Lipinski definition) is 3. The van der Waals surface area contributed by atoms with E-state index in [1.54, 1.807) is 12.1 Å². The fourth-order valence-electron chi connectivity index (χ4n) is 2.54. The van der Waals surface area contributed by atoms with Gasteiger partial charge in [0, 0.05) is 5.39 Å². The Morgan fingerprint density at radius 1 is 1.33 bits per heavy atom. The van der Waals surface area contributed by atoms with Gasteiger partial charge in [0.05, 0.1) is 12.1 Å². The van der Waals surface area contributed by atoms with Gasteiger partial charge in [-0.1, -0.05) is 6.07 Å². The van der Waals surface area contributed by atoms with E-state index in [2.05, 4.69) is 4.90 Å². The maximum atomic E-state index is 11.1. The maximum absolute atomic E-state index is 11.1. The average molecular weight is 245 g/mol. The van der Waals surface area contributed by atoms with Gasteiger partial charge in [-0.15, -0.1) is 0 Å². The quantitative estimate of drug-likeness (QED) is 0.903. The van der Waals surface area contributed by atoms with Gasteiger partial charge in [0.2, 0.25) is 0 Å². The van der Waals surface area contributed by atoms with E-state index < -0.39 is 5.97 Å². The molecule has 0 aliphatic carbocycles. The Morgan fingerprint density at radius 3 is 2.83 bits per heavy atom. The molecule has 1 aromatic heterocycles. The highest BCUT2D eigenvalue weighted by Crippen LogP contribution is 2.24. The first kappa shape index (κ1) is 11.3. The van der Waals surface area contributed by atoms with Crippen molar-refractivity contribution in [2.75, 3.05) is 13.1 Å². The number of hydrogen-bond donors (Lipinski definition) is 1. The highest BCUT2D eigenvalue weighted by atomic mass is 16.4. The molecule has 1 saturated heterocycles. The molecule has 4 heteroatoms. The first-order valence-electron chi connectivity index (χ1n) is 6.21. The van der Waals surface area contributed by atoms with Gasteiger partial charge in [-0.05, 0) is 44.1 Å². The van der Waals surface area contributed by atoms with E-state index in [-0.39, 0.29) is 0 Å². The third kappa shape index (κ3) is 1.99. The summed E-state index contributed by atoms with van der Waals surface area (Å²) in [7, 11) is 0. The second-order valence-corrected chi connectivity index (χ2v) is 4.72. The summed E-state index contributed by atoms with van der Waals surface area (Å²) in [5.74, 6) is -0.0604. The molecule has 1 aliphatic heterocycles. The minimum absolute atomic E-state index is 0.309. The van der Waals surface area contributed by atoms with Crippen LogP contribution < -0.4 is 0 Å². The summed E-state index contributed by atoms with van der Waals surface area (Å²) < 4.78 is 5.72. The number of rotatable bonds is 3. The molecule has 0 amide bonds. The molecule has 0 unspecified atom stereocenters. The van der Waals surface area contributed by atoms with E-state index >= 15 is 0 Å². The lowest BCUT2D eigenvalue weighted by molar-refractivity contribution is 0.0699. The second kappa shape index (κ2) is 4.46. The smallest absolute Gasteiger partial charge is 0.336 e. The monoisotopic (exact) mass is 245 g/mol. The zero-order chi connectivity index (χ0) is 12.5. The van der Waals surface area contributed by atoms with Gasteiger partial charge in [-0.25, -0.2) is 4.79 Å². The predicted molar refractivity (Wildman–Crippen MR) is 67.7 cm³/mol. The van der Waals surface area contributed by atoms with Crippen LogP contribution in [0.3, 0.4) is 0 Å². The van der Waals surface area contributed by atoms with Gasteiger partial charge in [-0.3, -0.25) is 4.90 Å². The van der Waals surface area contributed by atoms with Crippen molar-refractivity contribution in [3.8, 4) is 0 Å². The largest absolute Gasteiger partial charge is 0.478 e. The third-order valence-corrected chi connectivity index (χ3v) is 3.42. The number of carbonyl (C=O) groups is 1. The molecule has 0 spiro atoms. The first-order valence-corrected chi connectivity index (χ1v) is 6.21. The van der Waals surface area contributed by atoms with Crippen molar-refractivity contribution in [1.82, 2.24) is 4.90 Å². The van der Waals surface area contributed by atoms with Crippen LogP contribution >= 0.6 is 0 Å². The van der Waals surface area contributed by atoms with Crippen molar-refractivity contribution in [3.05, 3.63) is 35.6 Å². The highest BCUT2D eigenvalue weighted by Gasteiger charge is 2.16. The number of carboxylic acids is 1. The lowest BCUT2D eigenvalue weighted by Gasteiger charge is -2.11. The Morgan fingerprint density at radius 2 is 2.11 bits per heavy atom. The maximum Gasteiger partial charge on any atom is 0.336 e. The van der Waals surface area contributed by atoms with Crippen molar-refractivity contribution in [1.29, 1.82) is 0 Å². The van der Waals surface area contributed by atoms with Crippen LogP contribution in [-0.4, -0.2) is 29.1 Å². The molecular formula is C14H15NO3. The summed E-state index contributed by atoms with van der Waals surface area (Å²) in [5.41, 5.74) is 0.966. The molecule has 2 aromatic rings. The number of benzene rings is 1. The lowest BCUT2D eigenvalue weighted by atomic mass is 10.1. The van der Waals surface area contributed by atoms with Crippen LogP contribution in [0.1, 0.15) is 29.0 Å². The van der Waals surface area contributed by atoms with E-state index in [0.717, 1.165) is 25.4 Å². The number of likely N-dealkylation sites (tertiary alicyclic amines) is 1. The second-order valence-electron chi connectivity index (χ2n) is 4.72. The van der Waals surface area contributed by atoms with Crippen LogP contribution in [0, 0.1) is 0 Å².